The maximum Gasteiger partial charge on any atom is 0.223 e. The summed E-state index contributed by atoms with van der Waals surface area (Å²) in [7, 11) is 1.55. The smallest absolute Gasteiger partial charge is 0.223 e. The molecule has 2 aromatic rings. The van der Waals surface area contributed by atoms with E-state index in [2.05, 4.69) is 10.3 Å². The van der Waals surface area contributed by atoms with Gasteiger partial charge >= 0.3 is 0 Å². The first-order valence-electron chi connectivity index (χ1n) is 7.70. The Labute approximate surface area is 151 Å². The number of methoxy groups -OCH3 is 1. The van der Waals surface area contributed by atoms with Gasteiger partial charge in [-0.2, -0.15) is 0 Å². The van der Waals surface area contributed by atoms with Gasteiger partial charge in [0.2, 0.25) is 5.91 Å². The monoisotopic (exact) mass is 367 g/mol. The second-order valence-electron chi connectivity index (χ2n) is 5.55. The second kappa shape index (κ2) is 8.58. The molecule has 0 spiro atoms. The van der Waals surface area contributed by atoms with Crippen LogP contribution >= 0.6 is 22.9 Å². The van der Waals surface area contributed by atoms with E-state index in [4.69, 9.17) is 22.1 Å². The number of aromatic nitrogens is 1. The molecule has 1 aromatic carbocycles. The van der Waals surface area contributed by atoms with Crippen LogP contribution in [0.1, 0.15) is 29.3 Å². The van der Waals surface area contributed by atoms with Crippen LogP contribution in [0, 0.1) is 6.92 Å². The van der Waals surface area contributed by atoms with E-state index in [-0.39, 0.29) is 24.5 Å². The lowest BCUT2D eigenvalue weighted by Crippen LogP contribution is -2.33. The molecule has 1 aromatic heterocycles. The van der Waals surface area contributed by atoms with E-state index < -0.39 is 0 Å². The molecule has 2 rings (SSSR count). The first-order chi connectivity index (χ1) is 11.4. The molecule has 1 heterocycles. The molecule has 24 heavy (non-hydrogen) atoms. The fourth-order valence-corrected chi connectivity index (χ4v) is 3.38. The van der Waals surface area contributed by atoms with Gasteiger partial charge in [-0.05, 0) is 26.0 Å². The van der Waals surface area contributed by atoms with E-state index >= 15 is 0 Å². The number of carbonyl (C=O) groups excluding carboxylic acids is 1. The zero-order valence-corrected chi connectivity index (χ0v) is 15.6. The second-order valence-corrected chi connectivity index (χ2v) is 7.22. The van der Waals surface area contributed by atoms with E-state index in [1.165, 1.54) is 0 Å². The van der Waals surface area contributed by atoms with E-state index in [0.29, 0.717) is 11.6 Å². The third-order valence-electron chi connectivity index (χ3n) is 3.69. The first-order valence-corrected chi connectivity index (χ1v) is 8.89. The maximum atomic E-state index is 12.1. The summed E-state index contributed by atoms with van der Waals surface area (Å²) in [5.41, 5.74) is 7.48. The first kappa shape index (κ1) is 18.9. The zero-order valence-electron chi connectivity index (χ0n) is 14.0. The number of aryl methyl sites for hydroxylation is 1. The van der Waals surface area contributed by atoms with Crippen LogP contribution in [-0.4, -0.2) is 30.6 Å². The number of nitrogens with zero attached hydrogens (tertiary/aromatic N) is 1. The normalized spacial score (nSPS) is 13.5. The van der Waals surface area contributed by atoms with Crippen LogP contribution in [0.25, 0.3) is 11.3 Å². The van der Waals surface area contributed by atoms with Crippen LogP contribution in [0.3, 0.4) is 0 Å². The average molecular weight is 368 g/mol. The van der Waals surface area contributed by atoms with Crippen molar-refractivity contribution in [3.05, 3.63) is 39.2 Å². The fourth-order valence-electron chi connectivity index (χ4n) is 2.31. The molecule has 2 atom stereocenters. The molecule has 130 valence electrons. The van der Waals surface area contributed by atoms with Gasteiger partial charge in [0.15, 0.2) is 0 Å². The number of hydrogen-bond acceptors (Lipinski definition) is 5. The van der Waals surface area contributed by atoms with Crippen molar-refractivity contribution in [1.29, 1.82) is 0 Å². The Morgan fingerprint density at radius 1 is 1.42 bits per heavy atom. The predicted octanol–water partition coefficient (Wildman–Crippen LogP) is 3.31. The lowest BCUT2D eigenvalue weighted by molar-refractivity contribution is -0.124. The number of rotatable bonds is 7. The minimum Gasteiger partial charge on any atom is -0.380 e. The van der Waals surface area contributed by atoms with Crippen LogP contribution < -0.4 is 11.1 Å². The fraction of sp³-hybridized carbons (Fsp3) is 0.412. The van der Waals surface area contributed by atoms with Crippen molar-refractivity contribution in [2.75, 3.05) is 13.7 Å². The average Bonchev–Trinajstić information content (AvgIpc) is 2.95. The highest BCUT2D eigenvalue weighted by atomic mass is 35.5. The van der Waals surface area contributed by atoms with Crippen molar-refractivity contribution < 1.29 is 9.53 Å². The molecule has 5 nitrogen and oxygen atoms in total. The molecule has 3 N–H and O–H groups in total. The molecule has 0 saturated heterocycles. The number of carbonyl (C=O) groups is 1. The standard InChI is InChI=1S/C17H22ClN3O2S/c1-10(20-15(22)8-14(9-19)23-3)17-21-16(11(2)24-17)12-4-6-13(18)7-5-12/h4-7,10,14H,8-9,19H2,1-3H3,(H,20,22). The molecule has 1 amide bonds. The van der Waals surface area contributed by atoms with Crippen LogP contribution in [-0.2, 0) is 9.53 Å². The van der Waals surface area contributed by atoms with Crippen molar-refractivity contribution in [2.24, 2.45) is 5.73 Å². The summed E-state index contributed by atoms with van der Waals surface area (Å²) >= 11 is 7.51. The summed E-state index contributed by atoms with van der Waals surface area (Å²) in [5.74, 6) is -0.0966. The van der Waals surface area contributed by atoms with Gasteiger partial charge in [0.1, 0.15) is 5.01 Å². The summed E-state index contributed by atoms with van der Waals surface area (Å²) in [4.78, 5) is 17.9. The summed E-state index contributed by atoms with van der Waals surface area (Å²) in [6.45, 7) is 4.26. The van der Waals surface area contributed by atoms with Gasteiger partial charge in [0.25, 0.3) is 0 Å². The molecule has 0 aliphatic heterocycles. The highest BCUT2D eigenvalue weighted by Gasteiger charge is 2.18. The largest absolute Gasteiger partial charge is 0.380 e. The molecule has 2 unspecified atom stereocenters. The number of halogens is 1. The summed E-state index contributed by atoms with van der Waals surface area (Å²) in [6, 6.07) is 7.41. The van der Waals surface area contributed by atoms with Crippen LogP contribution in [0.2, 0.25) is 5.02 Å². The zero-order chi connectivity index (χ0) is 17.7. The van der Waals surface area contributed by atoms with Crippen molar-refractivity contribution in [1.82, 2.24) is 10.3 Å². The quantitative estimate of drug-likeness (QED) is 0.787. The maximum absolute atomic E-state index is 12.1. The topological polar surface area (TPSA) is 77.2 Å². The van der Waals surface area contributed by atoms with E-state index in [1.807, 2.05) is 38.1 Å². The van der Waals surface area contributed by atoms with Crippen molar-refractivity contribution >= 4 is 28.8 Å². The molecular formula is C17H22ClN3O2S. The Hall–Kier alpha value is -1.47. The molecule has 7 heteroatoms. The van der Waals surface area contributed by atoms with Gasteiger partial charge in [-0.1, -0.05) is 23.7 Å². The minimum absolute atomic E-state index is 0.0966. The van der Waals surface area contributed by atoms with Gasteiger partial charge in [0.05, 0.1) is 24.3 Å². The molecule has 0 radical (unpaired) electrons. The van der Waals surface area contributed by atoms with Gasteiger partial charge in [-0.25, -0.2) is 4.98 Å². The van der Waals surface area contributed by atoms with E-state index in [9.17, 15) is 4.79 Å². The summed E-state index contributed by atoms with van der Waals surface area (Å²) in [6.07, 6.45) is -0.0222. The van der Waals surface area contributed by atoms with Gasteiger partial charge in [0, 0.05) is 29.1 Å². The van der Waals surface area contributed by atoms with Gasteiger partial charge < -0.3 is 15.8 Å². The SMILES string of the molecule is COC(CN)CC(=O)NC(C)c1nc(-c2ccc(Cl)cc2)c(C)s1. The highest BCUT2D eigenvalue weighted by molar-refractivity contribution is 7.12. The number of thiazole rings is 1. The Bertz CT molecular complexity index is 684. The Balaban J connectivity index is 2.08. The molecule has 0 aliphatic rings. The number of nitrogens with two attached hydrogens (primary N) is 1. The minimum atomic E-state index is -0.264. The van der Waals surface area contributed by atoms with E-state index in [0.717, 1.165) is 21.1 Å². The van der Waals surface area contributed by atoms with Crippen molar-refractivity contribution in [2.45, 2.75) is 32.4 Å². The predicted molar refractivity (Wildman–Crippen MR) is 98.3 cm³/mol. The molecule has 0 fully saturated rings. The number of nitrogens with one attached hydrogen (secondary N) is 1. The molecular weight excluding hydrogens is 346 g/mol. The summed E-state index contributed by atoms with van der Waals surface area (Å²) < 4.78 is 5.14. The van der Waals surface area contributed by atoms with Gasteiger partial charge in [-0.3, -0.25) is 4.79 Å². The Morgan fingerprint density at radius 2 is 2.08 bits per heavy atom. The van der Waals surface area contributed by atoms with Crippen LogP contribution in [0.5, 0.6) is 0 Å². The molecule has 0 bridgehead atoms. The third-order valence-corrected chi connectivity index (χ3v) is 5.09. The Morgan fingerprint density at radius 3 is 2.67 bits per heavy atom. The van der Waals surface area contributed by atoms with Crippen molar-refractivity contribution in [3.63, 3.8) is 0 Å². The molecule has 0 saturated carbocycles. The number of benzene rings is 1. The highest BCUT2D eigenvalue weighted by Crippen LogP contribution is 2.31. The van der Waals surface area contributed by atoms with Crippen LogP contribution in [0.4, 0.5) is 0 Å². The number of ether oxygens (including phenoxy) is 1. The molecule has 0 aliphatic carbocycles. The third kappa shape index (κ3) is 4.77. The number of amides is 1. The van der Waals surface area contributed by atoms with Crippen LogP contribution in [0.15, 0.2) is 24.3 Å². The van der Waals surface area contributed by atoms with E-state index in [1.54, 1.807) is 18.4 Å². The lowest BCUT2D eigenvalue weighted by atomic mass is 10.1. The Kier molecular flexibility index (Phi) is 6.74. The number of hydrogen-bond donors (Lipinski definition) is 2. The van der Waals surface area contributed by atoms with Crippen molar-refractivity contribution in [3.8, 4) is 11.3 Å². The summed E-state index contributed by atoms with van der Waals surface area (Å²) in [5, 5.41) is 4.51. The lowest BCUT2D eigenvalue weighted by Gasteiger charge is -2.15. The van der Waals surface area contributed by atoms with Gasteiger partial charge in [-0.15, -0.1) is 11.3 Å².